The molecule has 3 N–H and O–H groups in total. The molecule has 0 radical (unpaired) electrons. The molecule has 1 aliphatic rings. The minimum Gasteiger partial charge on any atom is -0.481 e. The van der Waals surface area contributed by atoms with Crippen molar-refractivity contribution in [3.63, 3.8) is 0 Å². The van der Waals surface area contributed by atoms with E-state index < -0.39 is 17.9 Å². The zero-order chi connectivity index (χ0) is 31.5. The normalized spacial score (nSPS) is 12.7. The Morgan fingerprint density at radius 3 is 2.09 bits per heavy atom. The van der Waals surface area contributed by atoms with Crippen LogP contribution in [0, 0.1) is 0 Å². The Morgan fingerprint density at radius 2 is 1.51 bits per heavy atom. The van der Waals surface area contributed by atoms with Crippen LogP contribution in [0.2, 0.25) is 0 Å². The fourth-order valence-electron chi connectivity index (χ4n) is 4.75. The zero-order valence-corrected chi connectivity index (χ0v) is 24.9. The molecule has 43 heavy (non-hydrogen) atoms. The maximum atomic E-state index is 13.7. The van der Waals surface area contributed by atoms with E-state index in [1.807, 2.05) is 24.3 Å². The number of hydrogen-bond acceptors (Lipinski definition) is 5. The molecule has 0 unspecified atom stereocenters. The van der Waals surface area contributed by atoms with Crippen LogP contribution in [-0.4, -0.2) is 52.3 Å². The standard InChI is InChI=1S/C33H36N4O6/c1-20(2)37-30(41)26-15-12-24(18-27(26)31(37)42)35-32(43)36(25-13-10-23(11-14-25)33(3,4)5)19-21-6-8-22(9-7-21)29(40)34-17-16-28(38)39/h6-15,18,20H,16-17,19H2,1-5H3,(H,34,40)(H,35,43)(H,38,39). The summed E-state index contributed by atoms with van der Waals surface area (Å²) < 4.78 is 0. The second-order valence-corrected chi connectivity index (χ2v) is 11.7. The van der Waals surface area contributed by atoms with Crippen LogP contribution in [-0.2, 0) is 16.8 Å². The van der Waals surface area contributed by atoms with Crippen molar-refractivity contribution in [2.24, 2.45) is 0 Å². The molecule has 0 saturated heterocycles. The number of nitrogens with zero attached hydrogens (tertiary/aromatic N) is 2. The van der Waals surface area contributed by atoms with Gasteiger partial charge in [-0.3, -0.25) is 29.0 Å². The van der Waals surface area contributed by atoms with Crippen molar-refractivity contribution >= 4 is 41.1 Å². The number of carboxylic acid groups (broad SMARTS) is 1. The van der Waals surface area contributed by atoms with Crippen LogP contribution < -0.4 is 15.5 Å². The first-order chi connectivity index (χ1) is 20.3. The molecule has 10 nitrogen and oxygen atoms in total. The number of fused-ring (bicyclic) bond motifs is 1. The molecule has 0 fully saturated rings. The highest BCUT2D eigenvalue weighted by Crippen LogP contribution is 2.29. The Balaban J connectivity index is 1.57. The number of benzene rings is 3. The molecule has 4 rings (SSSR count). The minimum atomic E-state index is -0.998. The number of carboxylic acids is 1. The summed E-state index contributed by atoms with van der Waals surface area (Å²) in [5, 5.41) is 14.2. The van der Waals surface area contributed by atoms with Crippen LogP contribution in [0.4, 0.5) is 16.2 Å². The Morgan fingerprint density at radius 1 is 0.884 bits per heavy atom. The third kappa shape index (κ3) is 7.09. The molecule has 0 saturated carbocycles. The van der Waals surface area contributed by atoms with E-state index in [2.05, 4.69) is 31.4 Å². The van der Waals surface area contributed by atoms with Gasteiger partial charge in [-0.15, -0.1) is 0 Å². The maximum Gasteiger partial charge on any atom is 0.326 e. The lowest BCUT2D eigenvalue weighted by molar-refractivity contribution is -0.136. The molecular weight excluding hydrogens is 548 g/mol. The van der Waals surface area contributed by atoms with Crippen LogP contribution in [0.3, 0.4) is 0 Å². The Hall–Kier alpha value is -4.99. The van der Waals surface area contributed by atoms with Gasteiger partial charge in [0.1, 0.15) is 0 Å². The second kappa shape index (κ2) is 12.5. The molecule has 3 aromatic rings. The Bertz CT molecular complexity index is 1560. The monoisotopic (exact) mass is 584 g/mol. The van der Waals surface area contributed by atoms with Gasteiger partial charge in [-0.2, -0.15) is 0 Å². The van der Waals surface area contributed by atoms with Crippen LogP contribution >= 0.6 is 0 Å². The molecule has 1 heterocycles. The van der Waals surface area contributed by atoms with E-state index in [9.17, 15) is 24.0 Å². The number of nitrogens with one attached hydrogen (secondary N) is 2. The lowest BCUT2D eigenvalue weighted by Gasteiger charge is -2.25. The van der Waals surface area contributed by atoms with Crippen molar-refractivity contribution in [3.8, 4) is 0 Å². The van der Waals surface area contributed by atoms with E-state index in [4.69, 9.17) is 5.11 Å². The summed E-state index contributed by atoms with van der Waals surface area (Å²) in [5.74, 6) is -2.14. The number of amides is 5. The number of rotatable bonds is 9. The predicted molar refractivity (Wildman–Crippen MR) is 163 cm³/mol. The summed E-state index contributed by atoms with van der Waals surface area (Å²) in [6, 6.07) is 18.3. The fraction of sp³-hybridized carbons (Fsp3) is 0.303. The SMILES string of the molecule is CC(C)N1C(=O)c2ccc(NC(=O)N(Cc3ccc(C(=O)NCCC(=O)O)cc3)c3ccc(C(C)(C)C)cc3)cc2C1=O. The topological polar surface area (TPSA) is 136 Å². The van der Waals surface area contributed by atoms with Crippen LogP contribution in [0.15, 0.2) is 66.7 Å². The highest BCUT2D eigenvalue weighted by Gasteiger charge is 2.37. The molecule has 10 heteroatoms. The molecule has 0 spiro atoms. The van der Waals surface area contributed by atoms with Crippen LogP contribution in [0.5, 0.6) is 0 Å². The fourth-order valence-corrected chi connectivity index (χ4v) is 4.75. The van der Waals surface area contributed by atoms with Gasteiger partial charge in [0.05, 0.1) is 24.1 Å². The van der Waals surface area contributed by atoms with Gasteiger partial charge >= 0.3 is 12.0 Å². The van der Waals surface area contributed by atoms with Gasteiger partial charge in [0, 0.05) is 29.5 Å². The molecule has 3 aromatic carbocycles. The highest BCUT2D eigenvalue weighted by molar-refractivity contribution is 6.22. The van der Waals surface area contributed by atoms with Crippen molar-refractivity contribution in [2.75, 3.05) is 16.8 Å². The lowest BCUT2D eigenvalue weighted by Crippen LogP contribution is -2.36. The molecular formula is C33H36N4O6. The second-order valence-electron chi connectivity index (χ2n) is 11.7. The first-order valence-corrected chi connectivity index (χ1v) is 14.1. The third-order valence-corrected chi connectivity index (χ3v) is 7.16. The van der Waals surface area contributed by atoms with Crippen molar-refractivity contribution in [1.82, 2.24) is 10.2 Å². The smallest absolute Gasteiger partial charge is 0.326 e. The van der Waals surface area contributed by atoms with Crippen molar-refractivity contribution in [3.05, 3.63) is 94.5 Å². The van der Waals surface area contributed by atoms with Gasteiger partial charge in [0.15, 0.2) is 0 Å². The summed E-state index contributed by atoms with van der Waals surface area (Å²) >= 11 is 0. The number of carbonyl (C=O) groups excluding carboxylic acids is 4. The highest BCUT2D eigenvalue weighted by atomic mass is 16.4. The molecule has 0 bridgehead atoms. The lowest BCUT2D eigenvalue weighted by atomic mass is 9.87. The van der Waals surface area contributed by atoms with E-state index in [1.165, 1.54) is 11.0 Å². The Labute approximate surface area is 250 Å². The number of hydrogen-bond donors (Lipinski definition) is 3. The van der Waals surface area contributed by atoms with Gasteiger partial charge in [0.2, 0.25) is 0 Å². The van der Waals surface area contributed by atoms with E-state index in [1.54, 1.807) is 55.1 Å². The van der Waals surface area contributed by atoms with E-state index >= 15 is 0 Å². The molecule has 5 amide bonds. The van der Waals surface area contributed by atoms with E-state index in [0.717, 1.165) is 11.1 Å². The molecule has 1 aliphatic heterocycles. The van der Waals surface area contributed by atoms with Gasteiger partial charge < -0.3 is 15.7 Å². The first-order valence-electron chi connectivity index (χ1n) is 14.1. The number of aliphatic carboxylic acids is 1. The molecule has 224 valence electrons. The van der Waals surface area contributed by atoms with Crippen molar-refractivity contribution in [2.45, 2.75) is 59.0 Å². The summed E-state index contributed by atoms with van der Waals surface area (Å²) in [6.45, 7) is 10.0. The summed E-state index contributed by atoms with van der Waals surface area (Å²) in [5.41, 5.74) is 3.70. The zero-order valence-electron chi connectivity index (χ0n) is 24.9. The Kier molecular flexibility index (Phi) is 8.99. The average Bonchev–Trinajstić information content (AvgIpc) is 3.20. The summed E-state index contributed by atoms with van der Waals surface area (Å²) in [4.78, 5) is 65.1. The van der Waals surface area contributed by atoms with Gasteiger partial charge in [-0.1, -0.05) is 45.0 Å². The van der Waals surface area contributed by atoms with Crippen LogP contribution in [0.1, 0.15) is 83.2 Å². The number of urea groups is 1. The maximum absolute atomic E-state index is 13.7. The summed E-state index contributed by atoms with van der Waals surface area (Å²) in [7, 11) is 0. The van der Waals surface area contributed by atoms with Gasteiger partial charge in [-0.05, 0) is 72.9 Å². The summed E-state index contributed by atoms with van der Waals surface area (Å²) in [6.07, 6.45) is -0.174. The molecule has 0 aromatic heterocycles. The largest absolute Gasteiger partial charge is 0.481 e. The average molecular weight is 585 g/mol. The number of anilines is 2. The van der Waals surface area contributed by atoms with Crippen LogP contribution in [0.25, 0.3) is 0 Å². The van der Waals surface area contributed by atoms with Crippen molar-refractivity contribution in [1.29, 1.82) is 0 Å². The predicted octanol–water partition coefficient (Wildman–Crippen LogP) is 5.43. The van der Waals surface area contributed by atoms with E-state index in [0.29, 0.717) is 22.5 Å². The van der Waals surface area contributed by atoms with Gasteiger partial charge in [-0.25, -0.2) is 4.79 Å². The minimum absolute atomic E-state index is 0.0202. The van der Waals surface area contributed by atoms with Gasteiger partial charge in [0.25, 0.3) is 17.7 Å². The molecule has 0 aliphatic carbocycles. The first kappa shape index (κ1) is 31.0. The van der Waals surface area contributed by atoms with E-state index in [-0.39, 0.29) is 48.3 Å². The molecule has 0 atom stereocenters. The number of carbonyl (C=O) groups is 5. The van der Waals surface area contributed by atoms with Crippen molar-refractivity contribution < 1.29 is 29.1 Å². The number of imide groups is 1. The quantitative estimate of drug-likeness (QED) is 0.287. The third-order valence-electron chi connectivity index (χ3n) is 7.16.